The monoisotopic (exact) mass is 260 g/mol. The van der Waals surface area contributed by atoms with E-state index in [1.165, 1.54) is 6.07 Å². The highest BCUT2D eigenvalue weighted by Crippen LogP contribution is 2.28. The molecule has 14 heavy (non-hydrogen) atoms. The molecule has 1 atom stereocenters. The second-order valence-electron chi connectivity index (χ2n) is 3.30. The molecule has 0 aliphatic carbocycles. The van der Waals surface area contributed by atoms with Crippen molar-refractivity contribution in [2.45, 2.75) is 32.3 Å². The molecule has 0 fully saturated rings. The molecule has 1 aromatic carbocycles. The molecule has 1 nitrogen and oxygen atoms in total. The van der Waals surface area contributed by atoms with Gasteiger partial charge in [-0.25, -0.2) is 4.39 Å². The van der Waals surface area contributed by atoms with Gasteiger partial charge in [0.05, 0.1) is 10.6 Å². The summed E-state index contributed by atoms with van der Waals surface area (Å²) in [4.78, 5) is 0. The smallest absolute Gasteiger partial charge is 0.137 e. The largest absolute Gasteiger partial charge is 0.388 e. The molecule has 1 aromatic rings. The number of halogens is 2. The van der Waals surface area contributed by atoms with Crippen LogP contribution in [0.25, 0.3) is 0 Å². The average Bonchev–Trinajstić information content (AvgIpc) is 2.18. The van der Waals surface area contributed by atoms with Gasteiger partial charge < -0.3 is 5.11 Å². The number of rotatable bonds is 4. The lowest BCUT2D eigenvalue weighted by atomic mass is 10.0. The SMILES string of the molecule is CCCCC(O)c1cccc(F)c1Br. The number of unbranched alkanes of at least 4 members (excludes halogenated alkanes) is 1. The Kier molecular flexibility index (Phi) is 4.55. The van der Waals surface area contributed by atoms with Crippen LogP contribution >= 0.6 is 15.9 Å². The Balaban J connectivity index is 2.79. The Morgan fingerprint density at radius 3 is 2.86 bits per heavy atom. The molecule has 0 aliphatic rings. The van der Waals surface area contributed by atoms with Crippen LogP contribution in [0.15, 0.2) is 22.7 Å². The standard InChI is InChI=1S/C11H14BrFO/c1-2-3-7-10(14)8-5-4-6-9(13)11(8)12/h4-6,10,14H,2-3,7H2,1H3. The highest BCUT2D eigenvalue weighted by Gasteiger charge is 2.12. The first-order valence-electron chi connectivity index (χ1n) is 4.78. The molecule has 1 unspecified atom stereocenters. The van der Waals surface area contributed by atoms with Gasteiger partial charge in [0.1, 0.15) is 5.82 Å². The van der Waals surface area contributed by atoms with Gasteiger partial charge in [-0.1, -0.05) is 31.9 Å². The zero-order chi connectivity index (χ0) is 10.6. The van der Waals surface area contributed by atoms with Crippen LogP contribution in [0, 0.1) is 5.82 Å². The van der Waals surface area contributed by atoms with E-state index in [0.717, 1.165) is 12.8 Å². The molecular formula is C11H14BrFO. The molecule has 0 radical (unpaired) electrons. The fourth-order valence-corrected chi connectivity index (χ4v) is 1.86. The normalized spacial score (nSPS) is 12.9. The number of hydrogen-bond donors (Lipinski definition) is 1. The van der Waals surface area contributed by atoms with Crippen LogP contribution in [-0.2, 0) is 0 Å². The van der Waals surface area contributed by atoms with Crippen molar-refractivity contribution in [2.24, 2.45) is 0 Å². The number of hydrogen-bond acceptors (Lipinski definition) is 1. The highest BCUT2D eigenvalue weighted by molar-refractivity contribution is 9.10. The van der Waals surface area contributed by atoms with Gasteiger partial charge in [0.2, 0.25) is 0 Å². The third-order valence-corrected chi connectivity index (χ3v) is 3.01. The quantitative estimate of drug-likeness (QED) is 0.873. The van der Waals surface area contributed by atoms with Crippen molar-refractivity contribution < 1.29 is 9.50 Å². The minimum Gasteiger partial charge on any atom is -0.388 e. The number of aliphatic hydroxyl groups is 1. The molecule has 0 spiro atoms. The second kappa shape index (κ2) is 5.47. The van der Waals surface area contributed by atoms with Crippen LogP contribution in [-0.4, -0.2) is 5.11 Å². The van der Waals surface area contributed by atoms with Gasteiger partial charge in [-0.3, -0.25) is 0 Å². The molecule has 0 heterocycles. The van der Waals surface area contributed by atoms with Crippen molar-refractivity contribution in [3.8, 4) is 0 Å². The average molecular weight is 261 g/mol. The fourth-order valence-electron chi connectivity index (χ4n) is 1.33. The van der Waals surface area contributed by atoms with Gasteiger partial charge >= 0.3 is 0 Å². The summed E-state index contributed by atoms with van der Waals surface area (Å²) in [7, 11) is 0. The molecule has 1 N–H and O–H groups in total. The zero-order valence-corrected chi connectivity index (χ0v) is 9.72. The maximum atomic E-state index is 13.1. The van der Waals surface area contributed by atoms with Crippen molar-refractivity contribution in [3.05, 3.63) is 34.1 Å². The lowest BCUT2D eigenvalue weighted by molar-refractivity contribution is 0.163. The Morgan fingerprint density at radius 2 is 2.21 bits per heavy atom. The van der Waals surface area contributed by atoms with E-state index in [0.29, 0.717) is 16.5 Å². The molecular weight excluding hydrogens is 247 g/mol. The Bertz CT molecular complexity index is 301. The summed E-state index contributed by atoms with van der Waals surface area (Å²) in [6.07, 6.45) is 2.09. The maximum absolute atomic E-state index is 13.1. The second-order valence-corrected chi connectivity index (χ2v) is 4.09. The van der Waals surface area contributed by atoms with Crippen molar-refractivity contribution in [1.29, 1.82) is 0 Å². The summed E-state index contributed by atoms with van der Waals surface area (Å²) in [5.74, 6) is -0.321. The summed E-state index contributed by atoms with van der Waals surface area (Å²) in [5.41, 5.74) is 0.637. The van der Waals surface area contributed by atoms with Crippen molar-refractivity contribution >= 4 is 15.9 Å². The number of aliphatic hydroxyl groups excluding tert-OH is 1. The van der Waals surface area contributed by atoms with Gasteiger partial charge in [0, 0.05) is 0 Å². The van der Waals surface area contributed by atoms with Crippen LogP contribution in [0.5, 0.6) is 0 Å². The molecule has 0 aliphatic heterocycles. The third-order valence-electron chi connectivity index (χ3n) is 2.17. The molecule has 0 amide bonds. The lowest BCUT2D eigenvalue weighted by Gasteiger charge is -2.12. The first kappa shape index (κ1) is 11.7. The Hall–Kier alpha value is -0.410. The fraction of sp³-hybridized carbons (Fsp3) is 0.455. The molecule has 0 saturated carbocycles. The minimum absolute atomic E-state index is 0.321. The van der Waals surface area contributed by atoms with Crippen molar-refractivity contribution in [1.82, 2.24) is 0 Å². The van der Waals surface area contributed by atoms with Crippen LogP contribution in [0.2, 0.25) is 0 Å². The van der Waals surface area contributed by atoms with Gasteiger partial charge in [-0.15, -0.1) is 0 Å². The van der Waals surface area contributed by atoms with Crippen LogP contribution in [0.3, 0.4) is 0 Å². The highest BCUT2D eigenvalue weighted by atomic mass is 79.9. The van der Waals surface area contributed by atoms with E-state index in [9.17, 15) is 9.50 Å². The first-order chi connectivity index (χ1) is 6.66. The summed E-state index contributed by atoms with van der Waals surface area (Å²) in [6, 6.07) is 4.73. The van der Waals surface area contributed by atoms with Crippen LogP contribution in [0.4, 0.5) is 4.39 Å². The van der Waals surface area contributed by atoms with Gasteiger partial charge in [0.15, 0.2) is 0 Å². The topological polar surface area (TPSA) is 20.2 Å². The zero-order valence-electron chi connectivity index (χ0n) is 8.13. The lowest BCUT2D eigenvalue weighted by Crippen LogP contribution is -1.99. The Morgan fingerprint density at radius 1 is 1.50 bits per heavy atom. The van der Waals surface area contributed by atoms with E-state index in [4.69, 9.17) is 0 Å². The van der Waals surface area contributed by atoms with E-state index in [1.54, 1.807) is 12.1 Å². The number of benzene rings is 1. The van der Waals surface area contributed by atoms with E-state index in [1.807, 2.05) is 0 Å². The van der Waals surface area contributed by atoms with E-state index in [-0.39, 0.29) is 5.82 Å². The predicted molar refractivity (Wildman–Crippen MR) is 58.6 cm³/mol. The molecule has 0 saturated heterocycles. The van der Waals surface area contributed by atoms with Gasteiger partial charge in [-0.05, 0) is 34.0 Å². The summed E-state index contributed by atoms with van der Waals surface area (Å²) >= 11 is 3.14. The van der Waals surface area contributed by atoms with E-state index >= 15 is 0 Å². The van der Waals surface area contributed by atoms with Crippen LogP contribution in [0.1, 0.15) is 37.9 Å². The van der Waals surface area contributed by atoms with Gasteiger partial charge in [-0.2, -0.15) is 0 Å². The predicted octanol–water partition coefficient (Wildman–Crippen LogP) is 3.81. The molecule has 1 rings (SSSR count). The maximum Gasteiger partial charge on any atom is 0.137 e. The third kappa shape index (κ3) is 2.79. The molecule has 0 bridgehead atoms. The summed E-state index contributed by atoms with van der Waals surface area (Å²) in [5, 5.41) is 9.76. The van der Waals surface area contributed by atoms with Crippen LogP contribution < -0.4 is 0 Å². The molecule has 0 aromatic heterocycles. The van der Waals surface area contributed by atoms with Gasteiger partial charge in [0.25, 0.3) is 0 Å². The minimum atomic E-state index is -0.569. The summed E-state index contributed by atoms with van der Waals surface area (Å²) in [6.45, 7) is 2.06. The van der Waals surface area contributed by atoms with Crippen molar-refractivity contribution in [3.63, 3.8) is 0 Å². The first-order valence-corrected chi connectivity index (χ1v) is 5.58. The van der Waals surface area contributed by atoms with E-state index < -0.39 is 6.10 Å². The Labute approximate surface area is 92.1 Å². The van der Waals surface area contributed by atoms with E-state index in [2.05, 4.69) is 22.9 Å². The summed E-state index contributed by atoms with van der Waals surface area (Å²) < 4.78 is 13.5. The molecule has 3 heteroatoms. The van der Waals surface area contributed by atoms with Crippen molar-refractivity contribution in [2.75, 3.05) is 0 Å². The molecule has 78 valence electrons.